The molecule has 2 rings (SSSR count). The molecule has 0 aromatic heterocycles. The lowest BCUT2D eigenvalue weighted by molar-refractivity contribution is -0.123. The van der Waals surface area contributed by atoms with Crippen molar-refractivity contribution in [3.05, 3.63) is 34.6 Å². The molecule has 1 saturated heterocycles. The SMILES string of the molecule is NC(=O)C1(c2ccc(F)cc2Cl)OC1Cl. The van der Waals surface area contributed by atoms with Gasteiger partial charge in [-0.2, -0.15) is 0 Å². The van der Waals surface area contributed by atoms with Crippen molar-refractivity contribution in [2.45, 2.75) is 11.2 Å². The molecule has 0 bridgehead atoms. The van der Waals surface area contributed by atoms with Crippen LogP contribution in [0.5, 0.6) is 0 Å². The van der Waals surface area contributed by atoms with E-state index in [9.17, 15) is 9.18 Å². The molecule has 3 nitrogen and oxygen atoms in total. The Morgan fingerprint density at radius 3 is 2.60 bits per heavy atom. The van der Waals surface area contributed by atoms with Crippen molar-refractivity contribution in [2.75, 3.05) is 0 Å². The molecule has 15 heavy (non-hydrogen) atoms. The third-order valence-corrected chi connectivity index (χ3v) is 2.96. The molecule has 6 heteroatoms. The molecule has 1 aliphatic heterocycles. The smallest absolute Gasteiger partial charge is 0.258 e. The zero-order valence-corrected chi connectivity index (χ0v) is 8.85. The molecule has 1 aliphatic rings. The number of halogens is 3. The molecule has 1 fully saturated rings. The van der Waals surface area contributed by atoms with Crippen LogP contribution in [0.2, 0.25) is 5.02 Å². The first-order valence-corrected chi connectivity index (χ1v) is 4.87. The highest BCUT2D eigenvalue weighted by atomic mass is 35.5. The van der Waals surface area contributed by atoms with Gasteiger partial charge in [-0.15, -0.1) is 0 Å². The monoisotopic (exact) mass is 249 g/mol. The van der Waals surface area contributed by atoms with Crippen LogP contribution >= 0.6 is 23.2 Å². The Kier molecular flexibility index (Phi) is 2.37. The van der Waals surface area contributed by atoms with E-state index in [2.05, 4.69) is 0 Å². The van der Waals surface area contributed by atoms with Gasteiger partial charge in [0.15, 0.2) is 5.56 Å². The van der Waals surface area contributed by atoms with E-state index in [4.69, 9.17) is 33.7 Å². The molecule has 1 amide bonds. The summed E-state index contributed by atoms with van der Waals surface area (Å²) in [6, 6.07) is 3.58. The van der Waals surface area contributed by atoms with E-state index in [0.717, 1.165) is 12.1 Å². The summed E-state index contributed by atoms with van der Waals surface area (Å²) in [7, 11) is 0. The number of alkyl halides is 1. The first-order chi connectivity index (χ1) is 6.98. The van der Waals surface area contributed by atoms with Crippen LogP contribution in [0.3, 0.4) is 0 Å². The Morgan fingerprint density at radius 2 is 2.20 bits per heavy atom. The van der Waals surface area contributed by atoms with E-state index in [0.29, 0.717) is 0 Å². The van der Waals surface area contributed by atoms with Crippen LogP contribution in [0, 0.1) is 5.82 Å². The predicted octanol–water partition coefficient (Wildman–Crippen LogP) is 1.75. The average molecular weight is 250 g/mol. The van der Waals surface area contributed by atoms with E-state index in [1.165, 1.54) is 6.07 Å². The molecule has 1 heterocycles. The predicted molar refractivity (Wildman–Crippen MR) is 53.0 cm³/mol. The molecule has 1 aromatic rings. The van der Waals surface area contributed by atoms with Gasteiger partial charge in [-0.1, -0.05) is 29.3 Å². The standard InChI is InChI=1S/C9H6Cl2FNO2/c10-6-3-4(12)1-2-5(6)9(8(13)14)7(11)15-9/h1-3,7H,(H2,13,14). The van der Waals surface area contributed by atoms with Crippen LogP contribution in [0.4, 0.5) is 4.39 Å². The number of carbonyl (C=O) groups is 1. The topological polar surface area (TPSA) is 55.6 Å². The highest BCUT2D eigenvalue weighted by Gasteiger charge is 2.63. The number of hydrogen-bond donors (Lipinski definition) is 1. The summed E-state index contributed by atoms with van der Waals surface area (Å²) < 4.78 is 17.7. The van der Waals surface area contributed by atoms with E-state index in [1.807, 2.05) is 0 Å². The Morgan fingerprint density at radius 1 is 1.60 bits per heavy atom. The second kappa shape index (κ2) is 3.33. The van der Waals surface area contributed by atoms with Crippen molar-refractivity contribution in [3.63, 3.8) is 0 Å². The Labute approximate surface area is 94.9 Å². The quantitative estimate of drug-likeness (QED) is 0.642. The van der Waals surface area contributed by atoms with Gasteiger partial charge in [0.1, 0.15) is 5.82 Å². The van der Waals surface area contributed by atoms with Crippen molar-refractivity contribution >= 4 is 29.1 Å². The summed E-state index contributed by atoms with van der Waals surface area (Å²) in [5, 5.41) is 0.0666. The highest BCUT2D eigenvalue weighted by molar-refractivity contribution is 6.32. The number of hydrogen-bond acceptors (Lipinski definition) is 2. The zero-order chi connectivity index (χ0) is 11.2. The number of ether oxygens (including phenoxy) is 1. The summed E-state index contributed by atoms with van der Waals surface area (Å²) >= 11 is 11.5. The summed E-state index contributed by atoms with van der Waals surface area (Å²) in [6.07, 6.45) is 0. The molecular weight excluding hydrogens is 244 g/mol. The third-order valence-electron chi connectivity index (χ3n) is 2.25. The van der Waals surface area contributed by atoms with E-state index in [1.54, 1.807) is 0 Å². The Balaban J connectivity index is 2.50. The molecule has 2 unspecified atom stereocenters. The van der Waals surface area contributed by atoms with Crippen LogP contribution in [0.25, 0.3) is 0 Å². The molecule has 0 spiro atoms. The number of benzene rings is 1. The zero-order valence-electron chi connectivity index (χ0n) is 7.34. The largest absolute Gasteiger partial charge is 0.367 e. The summed E-state index contributed by atoms with van der Waals surface area (Å²) in [5.74, 6) is -1.24. The maximum absolute atomic E-state index is 12.8. The number of nitrogens with two attached hydrogens (primary N) is 1. The van der Waals surface area contributed by atoms with Gasteiger partial charge in [0.05, 0.1) is 5.02 Å². The van der Waals surface area contributed by atoms with Crippen molar-refractivity contribution in [3.8, 4) is 0 Å². The number of rotatable bonds is 2. The first kappa shape index (κ1) is 10.7. The van der Waals surface area contributed by atoms with Gasteiger partial charge in [0, 0.05) is 5.56 Å². The van der Waals surface area contributed by atoms with Gasteiger partial charge >= 0.3 is 0 Å². The van der Waals surface area contributed by atoms with E-state index >= 15 is 0 Å². The molecule has 2 atom stereocenters. The lowest BCUT2D eigenvalue weighted by Gasteiger charge is -2.09. The summed E-state index contributed by atoms with van der Waals surface area (Å²) in [6.45, 7) is 0. The molecule has 1 aromatic carbocycles. The number of carbonyl (C=O) groups excluding carboxylic acids is 1. The summed E-state index contributed by atoms with van der Waals surface area (Å²) in [4.78, 5) is 11.2. The first-order valence-electron chi connectivity index (χ1n) is 4.06. The average Bonchev–Trinajstić information content (AvgIpc) is 2.78. The minimum absolute atomic E-state index is 0.0666. The Bertz CT molecular complexity index is 440. The van der Waals surface area contributed by atoms with Crippen molar-refractivity contribution in [2.24, 2.45) is 5.73 Å². The molecule has 80 valence electrons. The Hall–Kier alpha value is -0.840. The van der Waals surface area contributed by atoms with Gasteiger partial charge < -0.3 is 10.5 Å². The van der Waals surface area contributed by atoms with Crippen LogP contribution in [-0.2, 0) is 15.1 Å². The van der Waals surface area contributed by atoms with Crippen LogP contribution < -0.4 is 5.73 Å². The third kappa shape index (κ3) is 1.49. The van der Waals surface area contributed by atoms with Gasteiger partial charge in [0.25, 0.3) is 5.91 Å². The molecule has 0 saturated carbocycles. The lowest BCUT2D eigenvalue weighted by atomic mass is 9.99. The lowest BCUT2D eigenvalue weighted by Crippen LogP contribution is -2.31. The maximum Gasteiger partial charge on any atom is 0.258 e. The molecular formula is C9H6Cl2FNO2. The fourth-order valence-corrected chi connectivity index (χ4v) is 2.08. The minimum atomic E-state index is -1.41. The maximum atomic E-state index is 12.8. The van der Waals surface area contributed by atoms with Crippen LogP contribution in [-0.4, -0.2) is 11.5 Å². The fraction of sp³-hybridized carbons (Fsp3) is 0.222. The number of epoxide rings is 1. The van der Waals surface area contributed by atoms with Gasteiger partial charge in [-0.3, -0.25) is 4.79 Å². The minimum Gasteiger partial charge on any atom is -0.367 e. The second-order valence-electron chi connectivity index (χ2n) is 3.16. The van der Waals surface area contributed by atoms with Crippen LogP contribution in [0.15, 0.2) is 18.2 Å². The number of amides is 1. The second-order valence-corrected chi connectivity index (χ2v) is 3.96. The number of primary amides is 1. The summed E-state index contributed by atoms with van der Waals surface area (Å²) in [5.41, 5.74) is 3.19. The van der Waals surface area contributed by atoms with Crippen molar-refractivity contribution < 1.29 is 13.9 Å². The van der Waals surface area contributed by atoms with Crippen LogP contribution in [0.1, 0.15) is 5.56 Å². The normalized spacial score (nSPS) is 28.9. The molecule has 0 radical (unpaired) electrons. The fourth-order valence-electron chi connectivity index (χ4n) is 1.41. The van der Waals surface area contributed by atoms with Crippen molar-refractivity contribution in [1.82, 2.24) is 0 Å². The van der Waals surface area contributed by atoms with Gasteiger partial charge in [-0.05, 0) is 12.1 Å². The molecule has 0 aliphatic carbocycles. The highest BCUT2D eigenvalue weighted by Crippen LogP contribution is 2.50. The van der Waals surface area contributed by atoms with Gasteiger partial charge in [-0.25, -0.2) is 4.39 Å². The molecule has 2 N–H and O–H groups in total. The van der Waals surface area contributed by atoms with Gasteiger partial charge in [0.2, 0.25) is 5.60 Å². The van der Waals surface area contributed by atoms with Crippen molar-refractivity contribution in [1.29, 1.82) is 0 Å². The van der Waals surface area contributed by atoms with E-state index in [-0.39, 0.29) is 10.6 Å². The van der Waals surface area contributed by atoms with E-state index < -0.39 is 22.9 Å².